The van der Waals surface area contributed by atoms with E-state index in [1.165, 1.54) is 6.92 Å². The molecule has 1 aromatic carbocycles. The van der Waals surface area contributed by atoms with Crippen molar-refractivity contribution in [2.24, 2.45) is 5.92 Å². The molecule has 0 radical (unpaired) electrons. The summed E-state index contributed by atoms with van der Waals surface area (Å²) in [6.07, 6.45) is 3.43. The smallest absolute Gasteiger partial charge is 0.243 e. The van der Waals surface area contributed by atoms with Crippen molar-refractivity contribution in [1.82, 2.24) is 5.06 Å². The molecule has 21 heavy (non-hydrogen) atoms. The fourth-order valence-electron chi connectivity index (χ4n) is 2.40. The number of benzene rings is 1. The van der Waals surface area contributed by atoms with Crippen LogP contribution in [0.5, 0.6) is 0 Å². The Kier molecular flexibility index (Phi) is 5.50. The zero-order chi connectivity index (χ0) is 15.2. The first kappa shape index (κ1) is 15.7. The summed E-state index contributed by atoms with van der Waals surface area (Å²) in [5.41, 5.74) is 1.06. The summed E-state index contributed by atoms with van der Waals surface area (Å²) >= 11 is 0. The maximum absolute atomic E-state index is 11.1. The van der Waals surface area contributed by atoms with E-state index in [4.69, 9.17) is 4.74 Å². The number of carbonyl (C=O) groups excluding carboxylic acids is 1. The third kappa shape index (κ3) is 4.39. The molecule has 0 fully saturated rings. The van der Waals surface area contributed by atoms with Crippen LogP contribution in [0.3, 0.4) is 0 Å². The Balaban J connectivity index is 1.74. The molecule has 1 aliphatic rings. The van der Waals surface area contributed by atoms with Gasteiger partial charge in [0, 0.05) is 12.8 Å². The SMILES string of the molecule is CC(=O)N(O)[C@@H]1C=C[C@@H](C(O)COCc2ccccc2)C1. The number of rotatable bonds is 6. The summed E-state index contributed by atoms with van der Waals surface area (Å²) < 4.78 is 5.51. The highest BCUT2D eigenvalue weighted by Crippen LogP contribution is 2.25. The van der Waals surface area contributed by atoms with E-state index in [9.17, 15) is 15.1 Å². The Hall–Kier alpha value is -1.69. The second kappa shape index (κ2) is 7.36. The van der Waals surface area contributed by atoms with E-state index in [-0.39, 0.29) is 18.6 Å². The van der Waals surface area contributed by atoms with Gasteiger partial charge in [0.15, 0.2) is 0 Å². The van der Waals surface area contributed by atoms with Gasteiger partial charge >= 0.3 is 0 Å². The first-order valence-corrected chi connectivity index (χ1v) is 7.04. The van der Waals surface area contributed by atoms with Gasteiger partial charge in [0.1, 0.15) is 0 Å². The number of ether oxygens (including phenoxy) is 1. The molecule has 5 nitrogen and oxygen atoms in total. The zero-order valence-corrected chi connectivity index (χ0v) is 12.1. The number of amides is 1. The van der Waals surface area contributed by atoms with Gasteiger partial charge in [-0.05, 0) is 12.0 Å². The quantitative estimate of drug-likeness (QED) is 0.476. The van der Waals surface area contributed by atoms with Crippen LogP contribution in [0.2, 0.25) is 0 Å². The van der Waals surface area contributed by atoms with E-state index in [0.717, 1.165) is 5.56 Å². The zero-order valence-electron chi connectivity index (χ0n) is 12.1. The van der Waals surface area contributed by atoms with E-state index in [2.05, 4.69) is 0 Å². The van der Waals surface area contributed by atoms with Gasteiger partial charge in [-0.2, -0.15) is 0 Å². The first-order chi connectivity index (χ1) is 10.1. The summed E-state index contributed by atoms with van der Waals surface area (Å²) in [6.45, 7) is 1.99. The van der Waals surface area contributed by atoms with Crippen molar-refractivity contribution in [3.63, 3.8) is 0 Å². The van der Waals surface area contributed by atoms with Gasteiger partial charge in [0.05, 0.1) is 25.4 Å². The van der Waals surface area contributed by atoms with Crippen LogP contribution in [0.4, 0.5) is 0 Å². The van der Waals surface area contributed by atoms with Crippen LogP contribution in [0, 0.1) is 5.92 Å². The molecule has 0 saturated heterocycles. The molecular formula is C16H21NO4. The van der Waals surface area contributed by atoms with Gasteiger partial charge in [0.2, 0.25) is 5.91 Å². The predicted octanol–water partition coefficient (Wildman–Crippen LogP) is 1.75. The van der Waals surface area contributed by atoms with Gasteiger partial charge in [-0.25, -0.2) is 5.06 Å². The van der Waals surface area contributed by atoms with Gasteiger partial charge in [0.25, 0.3) is 0 Å². The standard InChI is InChI=1S/C16H21NO4/c1-12(18)17(20)15-8-7-14(9-15)16(19)11-21-10-13-5-3-2-4-6-13/h2-8,14-16,19-20H,9-11H2,1H3/t14-,15-,16?/m1/s1. The average molecular weight is 291 g/mol. The van der Waals surface area contributed by atoms with Crippen LogP contribution < -0.4 is 0 Å². The molecule has 1 aliphatic carbocycles. The van der Waals surface area contributed by atoms with Gasteiger partial charge in [-0.15, -0.1) is 0 Å². The fraction of sp³-hybridized carbons (Fsp3) is 0.438. The average Bonchev–Trinajstić information content (AvgIpc) is 2.97. The molecule has 1 unspecified atom stereocenters. The third-order valence-electron chi connectivity index (χ3n) is 3.63. The molecule has 0 heterocycles. The number of hydroxylamine groups is 2. The lowest BCUT2D eigenvalue weighted by Crippen LogP contribution is -2.35. The fourth-order valence-corrected chi connectivity index (χ4v) is 2.40. The predicted molar refractivity (Wildman–Crippen MR) is 77.4 cm³/mol. The molecule has 3 atom stereocenters. The van der Waals surface area contributed by atoms with Gasteiger partial charge < -0.3 is 9.84 Å². The first-order valence-electron chi connectivity index (χ1n) is 7.04. The monoisotopic (exact) mass is 291 g/mol. The van der Waals surface area contributed by atoms with Crippen LogP contribution >= 0.6 is 0 Å². The van der Waals surface area contributed by atoms with Crippen molar-refractivity contribution in [3.8, 4) is 0 Å². The number of hydrogen-bond acceptors (Lipinski definition) is 4. The normalized spacial score (nSPS) is 22.2. The Morgan fingerprint density at radius 2 is 2.10 bits per heavy atom. The van der Waals surface area contributed by atoms with Gasteiger partial charge in [-0.1, -0.05) is 42.5 Å². The lowest BCUT2D eigenvalue weighted by Gasteiger charge is -2.22. The molecule has 2 N–H and O–H groups in total. The topological polar surface area (TPSA) is 70.0 Å². The summed E-state index contributed by atoms with van der Waals surface area (Å²) in [7, 11) is 0. The second-order valence-corrected chi connectivity index (χ2v) is 5.28. The Morgan fingerprint density at radius 1 is 1.38 bits per heavy atom. The molecule has 0 aliphatic heterocycles. The van der Waals surface area contributed by atoms with Crippen LogP contribution in [0.1, 0.15) is 18.9 Å². The van der Waals surface area contributed by atoms with Crippen molar-refractivity contribution >= 4 is 5.91 Å². The number of nitrogens with zero attached hydrogens (tertiary/aromatic N) is 1. The minimum atomic E-state index is -0.643. The maximum Gasteiger partial charge on any atom is 0.243 e. The summed E-state index contributed by atoms with van der Waals surface area (Å²) in [6, 6.07) is 9.39. The Labute approximate surface area is 124 Å². The summed E-state index contributed by atoms with van der Waals surface area (Å²) in [5.74, 6) is -0.514. The lowest BCUT2D eigenvalue weighted by atomic mass is 10.0. The molecule has 114 valence electrons. The van der Waals surface area contributed by atoms with Crippen molar-refractivity contribution in [3.05, 3.63) is 48.0 Å². The highest BCUT2D eigenvalue weighted by Gasteiger charge is 2.29. The number of aliphatic hydroxyl groups is 1. The molecular weight excluding hydrogens is 270 g/mol. The van der Waals surface area contributed by atoms with Crippen LogP contribution in [0.25, 0.3) is 0 Å². The molecule has 1 aromatic rings. The highest BCUT2D eigenvalue weighted by molar-refractivity contribution is 5.72. The number of hydrogen-bond donors (Lipinski definition) is 2. The Bertz CT molecular complexity index is 488. The highest BCUT2D eigenvalue weighted by atomic mass is 16.5. The summed E-state index contributed by atoms with van der Waals surface area (Å²) in [5, 5.41) is 20.4. The molecule has 0 saturated carbocycles. The number of carbonyl (C=O) groups is 1. The molecule has 5 heteroatoms. The van der Waals surface area contributed by atoms with E-state index >= 15 is 0 Å². The Morgan fingerprint density at radius 3 is 2.76 bits per heavy atom. The molecule has 0 bridgehead atoms. The minimum absolute atomic E-state index is 0.111. The molecule has 0 spiro atoms. The van der Waals surface area contributed by atoms with Crippen molar-refractivity contribution in [2.75, 3.05) is 6.61 Å². The van der Waals surface area contributed by atoms with E-state index in [1.54, 1.807) is 6.08 Å². The van der Waals surface area contributed by atoms with Crippen LogP contribution in [-0.2, 0) is 16.1 Å². The summed E-state index contributed by atoms with van der Waals surface area (Å²) in [4.78, 5) is 11.1. The van der Waals surface area contributed by atoms with E-state index in [0.29, 0.717) is 18.1 Å². The van der Waals surface area contributed by atoms with Crippen molar-refractivity contribution in [1.29, 1.82) is 0 Å². The molecule has 1 amide bonds. The van der Waals surface area contributed by atoms with Crippen LogP contribution in [-0.4, -0.2) is 40.0 Å². The van der Waals surface area contributed by atoms with Crippen molar-refractivity contribution in [2.45, 2.75) is 32.1 Å². The largest absolute Gasteiger partial charge is 0.390 e. The van der Waals surface area contributed by atoms with E-state index in [1.807, 2.05) is 36.4 Å². The number of aliphatic hydroxyl groups excluding tert-OH is 1. The van der Waals surface area contributed by atoms with E-state index < -0.39 is 12.0 Å². The third-order valence-corrected chi connectivity index (χ3v) is 3.63. The van der Waals surface area contributed by atoms with Gasteiger partial charge in [-0.3, -0.25) is 10.0 Å². The van der Waals surface area contributed by atoms with Crippen LogP contribution in [0.15, 0.2) is 42.5 Å². The van der Waals surface area contributed by atoms with Crippen molar-refractivity contribution < 1.29 is 19.8 Å². The second-order valence-electron chi connectivity index (χ2n) is 5.28. The molecule has 2 rings (SSSR count). The minimum Gasteiger partial charge on any atom is -0.390 e. The maximum atomic E-state index is 11.1. The lowest BCUT2D eigenvalue weighted by molar-refractivity contribution is -0.169. The molecule has 0 aromatic heterocycles.